The smallest absolute Gasteiger partial charge is 0.0521 e. The van der Waals surface area contributed by atoms with E-state index in [-0.39, 0.29) is 0 Å². The zero-order valence-corrected chi connectivity index (χ0v) is 10.1. The van der Waals surface area contributed by atoms with Crippen molar-refractivity contribution < 1.29 is 0 Å². The van der Waals surface area contributed by atoms with Gasteiger partial charge in [-0.3, -0.25) is 0 Å². The minimum atomic E-state index is 0.333. The van der Waals surface area contributed by atoms with Crippen LogP contribution in [-0.2, 0) is 0 Å². The lowest BCUT2D eigenvalue weighted by molar-refractivity contribution is 0.228. The van der Waals surface area contributed by atoms with Gasteiger partial charge >= 0.3 is 0 Å². The normalized spacial score (nSPS) is 43.8. The van der Waals surface area contributed by atoms with Crippen LogP contribution >= 0.6 is 11.6 Å². The van der Waals surface area contributed by atoms with E-state index in [1.165, 1.54) is 32.1 Å². The summed E-state index contributed by atoms with van der Waals surface area (Å²) in [6, 6.07) is 0. The Kier molecular flexibility index (Phi) is 3.21. The van der Waals surface area contributed by atoms with Crippen molar-refractivity contribution in [1.29, 1.82) is 0 Å². The second-order valence-electron chi connectivity index (χ2n) is 5.26. The summed E-state index contributed by atoms with van der Waals surface area (Å²) in [5.74, 6) is 2.70. The van der Waals surface area contributed by atoms with Gasteiger partial charge in [-0.05, 0) is 49.9 Å². The third-order valence-electron chi connectivity index (χ3n) is 4.23. The van der Waals surface area contributed by atoms with Crippen LogP contribution in [0.1, 0.15) is 46.0 Å². The molecule has 14 heavy (non-hydrogen) atoms. The molecule has 2 aliphatic carbocycles. The van der Waals surface area contributed by atoms with Gasteiger partial charge < -0.3 is 0 Å². The maximum Gasteiger partial charge on any atom is 0.0521 e. The summed E-state index contributed by atoms with van der Waals surface area (Å²) >= 11 is 6.11. The van der Waals surface area contributed by atoms with E-state index in [0.29, 0.717) is 5.38 Å². The van der Waals surface area contributed by atoms with Gasteiger partial charge in [-0.2, -0.15) is 0 Å². The lowest BCUT2D eigenvalue weighted by Crippen LogP contribution is -2.21. The Morgan fingerprint density at radius 1 is 1.14 bits per heavy atom. The Balaban J connectivity index is 1.96. The van der Waals surface area contributed by atoms with Crippen molar-refractivity contribution in [2.24, 2.45) is 17.8 Å². The van der Waals surface area contributed by atoms with Crippen LogP contribution < -0.4 is 0 Å². The van der Waals surface area contributed by atoms with Gasteiger partial charge in [0.15, 0.2) is 0 Å². The highest BCUT2D eigenvalue weighted by atomic mass is 35.5. The number of rotatable bonds is 1. The zero-order valence-electron chi connectivity index (χ0n) is 9.30. The molecular weight excluding hydrogens is 192 g/mol. The summed E-state index contributed by atoms with van der Waals surface area (Å²) in [7, 11) is 0. The van der Waals surface area contributed by atoms with Crippen molar-refractivity contribution in [3.05, 3.63) is 11.6 Å². The average Bonchev–Trinajstić information content (AvgIpc) is 2.57. The summed E-state index contributed by atoms with van der Waals surface area (Å²) in [5, 5.41) is 0.333. The molecule has 0 spiro atoms. The van der Waals surface area contributed by atoms with Crippen LogP contribution in [0.5, 0.6) is 0 Å². The molecule has 0 nitrogen and oxygen atoms in total. The summed E-state index contributed by atoms with van der Waals surface area (Å²) < 4.78 is 0. The summed E-state index contributed by atoms with van der Waals surface area (Å²) in [5.41, 5.74) is 1.67. The molecule has 1 saturated carbocycles. The van der Waals surface area contributed by atoms with Gasteiger partial charge in [0.25, 0.3) is 0 Å². The Bertz CT molecular complexity index is 231. The first-order chi connectivity index (χ1) is 6.66. The van der Waals surface area contributed by atoms with Crippen molar-refractivity contribution in [3.8, 4) is 0 Å². The first-order valence-corrected chi connectivity index (χ1v) is 6.45. The zero-order chi connectivity index (χ0) is 10.1. The predicted molar refractivity (Wildman–Crippen MR) is 62.6 cm³/mol. The highest BCUT2D eigenvalue weighted by Gasteiger charge is 2.28. The van der Waals surface area contributed by atoms with E-state index in [4.69, 9.17) is 11.6 Å². The SMILES string of the molecule is CC1CCC(C2=CC(Cl)CC2)CC1C. The van der Waals surface area contributed by atoms with Crippen LogP contribution in [0.25, 0.3) is 0 Å². The number of alkyl halides is 1. The minimum Gasteiger partial charge on any atom is -0.118 e. The molecular formula is C13H21Cl. The predicted octanol–water partition coefficient (Wildman–Crippen LogP) is 4.39. The second kappa shape index (κ2) is 4.26. The molecule has 0 saturated heterocycles. The van der Waals surface area contributed by atoms with Crippen molar-refractivity contribution in [1.82, 2.24) is 0 Å². The van der Waals surface area contributed by atoms with Gasteiger partial charge in [0, 0.05) is 0 Å². The van der Waals surface area contributed by atoms with E-state index in [9.17, 15) is 0 Å². The van der Waals surface area contributed by atoms with E-state index in [2.05, 4.69) is 19.9 Å². The molecule has 0 aromatic rings. The van der Waals surface area contributed by atoms with Crippen molar-refractivity contribution in [3.63, 3.8) is 0 Å². The molecule has 0 amide bonds. The lowest BCUT2D eigenvalue weighted by atomic mass is 9.73. The molecule has 0 bridgehead atoms. The monoisotopic (exact) mass is 212 g/mol. The minimum absolute atomic E-state index is 0.333. The van der Waals surface area contributed by atoms with Gasteiger partial charge in [0.2, 0.25) is 0 Å². The number of halogens is 1. The Hall–Kier alpha value is 0.0300. The molecule has 1 heteroatoms. The fourth-order valence-corrected chi connectivity index (χ4v) is 3.20. The van der Waals surface area contributed by atoms with Gasteiger partial charge in [-0.1, -0.05) is 25.5 Å². The number of hydrogen-bond donors (Lipinski definition) is 0. The molecule has 2 aliphatic rings. The standard InChI is InChI=1S/C13H21Cl/c1-9-3-4-11(7-10(9)2)12-5-6-13(14)8-12/h8-11,13H,3-7H2,1-2H3. The van der Waals surface area contributed by atoms with Crippen molar-refractivity contribution >= 4 is 11.6 Å². The first kappa shape index (κ1) is 10.5. The van der Waals surface area contributed by atoms with E-state index in [1.54, 1.807) is 5.57 Å². The highest BCUT2D eigenvalue weighted by Crippen LogP contribution is 2.40. The third-order valence-corrected chi connectivity index (χ3v) is 4.57. The fourth-order valence-electron chi connectivity index (χ4n) is 2.93. The third kappa shape index (κ3) is 2.16. The van der Waals surface area contributed by atoms with E-state index >= 15 is 0 Å². The van der Waals surface area contributed by atoms with Gasteiger partial charge in [0.05, 0.1) is 5.38 Å². The van der Waals surface area contributed by atoms with E-state index in [1.807, 2.05) is 0 Å². The molecule has 2 rings (SSSR count). The lowest BCUT2D eigenvalue weighted by Gasteiger charge is -2.32. The second-order valence-corrected chi connectivity index (χ2v) is 5.82. The maximum absolute atomic E-state index is 6.11. The number of allylic oxidation sites excluding steroid dienone is 2. The summed E-state index contributed by atoms with van der Waals surface area (Å²) in [4.78, 5) is 0. The highest BCUT2D eigenvalue weighted by molar-refractivity contribution is 6.22. The Morgan fingerprint density at radius 3 is 2.50 bits per heavy atom. The quantitative estimate of drug-likeness (QED) is 0.447. The van der Waals surface area contributed by atoms with E-state index < -0.39 is 0 Å². The van der Waals surface area contributed by atoms with Crippen LogP contribution in [0.3, 0.4) is 0 Å². The summed E-state index contributed by atoms with van der Waals surface area (Å²) in [6.45, 7) is 4.80. The van der Waals surface area contributed by atoms with Crippen LogP contribution in [0, 0.1) is 17.8 Å². The van der Waals surface area contributed by atoms with Gasteiger partial charge in [-0.15, -0.1) is 11.6 Å². The van der Waals surface area contributed by atoms with Crippen LogP contribution in [0.15, 0.2) is 11.6 Å². The van der Waals surface area contributed by atoms with Crippen LogP contribution in [-0.4, -0.2) is 5.38 Å². The Labute approximate surface area is 92.7 Å². The van der Waals surface area contributed by atoms with Gasteiger partial charge in [0.1, 0.15) is 0 Å². The fraction of sp³-hybridized carbons (Fsp3) is 0.846. The average molecular weight is 213 g/mol. The van der Waals surface area contributed by atoms with Crippen molar-refractivity contribution in [2.75, 3.05) is 0 Å². The molecule has 4 unspecified atom stereocenters. The van der Waals surface area contributed by atoms with Crippen LogP contribution in [0.2, 0.25) is 0 Å². The van der Waals surface area contributed by atoms with Gasteiger partial charge in [-0.25, -0.2) is 0 Å². The summed E-state index contributed by atoms with van der Waals surface area (Å²) in [6.07, 6.45) is 8.99. The number of hydrogen-bond acceptors (Lipinski definition) is 0. The largest absolute Gasteiger partial charge is 0.118 e. The van der Waals surface area contributed by atoms with E-state index in [0.717, 1.165) is 17.8 Å². The molecule has 80 valence electrons. The molecule has 0 radical (unpaired) electrons. The molecule has 0 aliphatic heterocycles. The molecule has 1 fully saturated rings. The molecule has 0 aromatic heterocycles. The Morgan fingerprint density at radius 2 is 1.93 bits per heavy atom. The first-order valence-electron chi connectivity index (χ1n) is 6.01. The molecule has 0 aromatic carbocycles. The van der Waals surface area contributed by atoms with Crippen LogP contribution in [0.4, 0.5) is 0 Å². The molecule has 4 atom stereocenters. The molecule has 0 N–H and O–H groups in total. The molecule has 0 heterocycles. The maximum atomic E-state index is 6.11. The topological polar surface area (TPSA) is 0 Å². The van der Waals surface area contributed by atoms with Crippen molar-refractivity contribution in [2.45, 2.75) is 51.3 Å².